The number of benzene rings is 2. The number of nitrogens with one attached hydrogen (secondary N) is 1. The van der Waals surface area contributed by atoms with Crippen LogP contribution in [0.2, 0.25) is 0 Å². The smallest absolute Gasteiger partial charge is 0.317 e. The molecule has 138 valence electrons. The summed E-state index contributed by atoms with van der Waals surface area (Å²) in [5, 5.41) is 16.2. The zero-order chi connectivity index (χ0) is 19.9. The van der Waals surface area contributed by atoms with Gasteiger partial charge in [0.25, 0.3) is 0 Å². The Hall–Kier alpha value is -3.70. The van der Waals surface area contributed by atoms with E-state index in [-0.39, 0.29) is 23.9 Å². The maximum Gasteiger partial charge on any atom is 0.317 e. The molecule has 0 aliphatic carbocycles. The number of quaternary nitrogens is 1. The molecule has 0 aromatic heterocycles. The van der Waals surface area contributed by atoms with Crippen LogP contribution >= 0.6 is 0 Å². The van der Waals surface area contributed by atoms with Crippen molar-refractivity contribution in [1.82, 2.24) is 9.91 Å². The van der Waals surface area contributed by atoms with Gasteiger partial charge in [-0.05, 0) is 28.9 Å². The van der Waals surface area contributed by atoms with E-state index in [1.165, 1.54) is 12.3 Å². The fourth-order valence-corrected chi connectivity index (χ4v) is 3.22. The number of aliphatic imine (C=N–C) groups is 1. The molecular formula is C20H14F2N5O+. The Bertz CT molecular complexity index is 1130. The van der Waals surface area contributed by atoms with Gasteiger partial charge in [-0.3, -0.25) is 4.79 Å². The number of carbonyl (C=O) groups is 1. The first-order chi connectivity index (χ1) is 13.5. The molecule has 1 unspecified atom stereocenters. The number of halogens is 2. The summed E-state index contributed by atoms with van der Waals surface area (Å²) < 4.78 is 27.3. The molecule has 0 fully saturated rings. The number of nitrogens with zero attached hydrogens (tertiary/aromatic N) is 4. The summed E-state index contributed by atoms with van der Waals surface area (Å²) in [6.45, 7) is 1.97. The average Bonchev–Trinajstić information content (AvgIpc) is 3.16. The molecule has 0 saturated carbocycles. The molecule has 6 nitrogen and oxygen atoms in total. The predicted molar refractivity (Wildman–Crippen MR) is 99.8 cm³/mol. The van der Waals surface area contributed by atoms with Crippen LogP contribution in [0.5, 0.6) is 0 Å². The van der Waals surface area contributed by atoms with Gasteiger partial charge in [0.1, 0.15) is 5.82 Å². The number of fused-ring (bicyclic) bond motifs is 1. The van der Waals surface area contributed by atoms with Gasteiger partial charge in [-0.15, -0.1) is 0 Å². The molecule has 2 aromatic rings. The Morgan fingerprint density at radius 3 is 2.61 bits per heavy atom. The second-order valence-electron chi connectivity index (χ2n) is 6.39. The van der Waals surface area contributed by atoms with E-state index < -0.39 is 22.0 Å². The van der Waals surface area contributed by atoms with Gasteiger partial charge in [-0.2, -0.15) is 10.3 Å². The van der Waals surface area contributed by atoms with Crippen molar-refractivity contribution >= 4 is 23.1 Å². The van der Waals surface area contributed by atoms with Gasteiger partial charge >= 0.3 is 11.6 Å². The zero-order valence-corrected chi connectivity index (χ0v) is 14.8. The van der Waals surface area contributed by atoms with Crippen LogP contribution in [0, 0.1) is 23.0 Å². The number of amidine groups is 2. The number of Topliss-reactive ketones (excluding diaryl/α,β-unsaturated/α-hetero) is 1. The van der Waals surface area contributed by atoms with Crippen LogP contribution in [0.3, 0.4) is 0 Å². The van der Waals surface area contributed by atoms with Crippen molar-refractivity contribution in [1.29, 1.82) is 5.26 Å². The van der Waals surface area contributed by atoms with Gasteiger partial charge < -0.3 is 5.32 Å². The van der Waals surface area contributed by atoms with Crippen LogP contribution < -0.4 is 9.91 Å². The Kier molecular flexibility index (Phi) is 4.09. The number of allylic oxidation sites excluding steroid dienone is 1. The molecule has 4 rings (SSSR count). The van der Waals surface area contributed by atoms with Crippen molar-refractivity contribution in [3.63, 3.8) is 0 Å². The average molecular weight is 378 g/mol. The summed E-state index contributed by atoms with van der Waals surface area (Å²) in [5.41, 5.74) is 1.92. The third kappa shape index (κ3) is 2.61. The van der Waals surface area contributed by atoms with Crippen molar-refractivity contribution in [2.45, 2.75) is 13.5 Å². The van der Waals surface area contributed by atoms with Crippen molar-refractivity contribution in [2.24, 2.45) is 10.1 Å². The first-order valence-corrected chi connectivity index (χ1v) is 8.44. The summed E-state index contributed by atoms with van der Waals surface area (Å²) in [6.07, 6.45) is 1.46. The van der Waals surface area contributed by atoms with Crippen molar-refractivity contribution in [3.8, 4) is 6.07 Å². The highest BCUT2D eigenvalue weighted by Gasteiger charge is 2.56. The molecule has 0 bridgehead atoms. The second kappa shape index (κ2) is 6.48. The fraction of sp³-hybridized carbons (Fsp3) is 0.100. The summed E-state index contributed by atoms with van der Waals surface area (Å²) in [4.78, 5) is 16.9. The fourth-order valence-electron chi connectivity index (χ4n) is 3.22. The van der Waals surface area contributed by atoms with E-state index in [2.05, 4.69) is 15.4 Å². The molecule has 2 aliphatic rings. The van der Waals surface area contributed by atoms with Crippen LogP contribution in [-0.2, 0) is 11.3 Å². The molecule has 8 heteroatoms. The number of carbonyl (C=O) groups excluding carboxylic acids is 1. The van der Waals surface area contributed by atoms with Gasteiger partial charge in [0.15, 0.2) is 11.5 Å². The first-order valence-electron chi connectivity index (χ1n) is 8.44. The Morgan fingerprint density at radius 1 is 1.18 bits per heavy atom. The minimum Gasteiger partial charge on any atom is -0.358 e. The highest BCUT2D eigenvalue weighted by Crippen LogP contribution is 2.39. The molecule has 2 aromatic carbocycles. The minimum atomic E-state index is -0.813. The monoisotopic (exact) mass is 378 g/mol. The summed E-state index contributed by atoms with van der Waals surface area (Å²) in [5.74, 6) is -1.91. The number of ketones is 1. The molecule has 1 N–H and O–H groups in total. The predicted octanol–water partition coefficient (Wildman–Crippen LogP) is 3.10. The topological polar surface area (TPSA) is 77.6 Å². The normalized spacial score (nSPS) is 20.2. The molecule has 1 atom stereocenters. The first kappa shape index (κ1) is 17.7. The second-order valence-corrected chi connectivity index (χ2v) is 6.39. The quantitative estimate of drug-likeness (QED) is 0.834. The van der Waals surface area contributed by atoms with Crippen molar-refractivity contribution in [3.05, 3.63) is 77.1 Å². The molecule has 2 aliphatic heterocycles. The maximum absolute atomic E-state index is 14.5. The lowest BCUT2D eigenvalue weighted by atomic mass is 10.1. The Labute approximate surface area is 159 Å². The summed E-state index contributed by atoms with van der Waals surface area (Å²) in [7, 11) is 0. The largest absolute Gasteiger partial charge is 0.358 e. The van der Waals surface area contributed by atoms with Gasteiger partial charge in [-0.25, -0.2) is 8.78 Å². The Morgan fingerprint density at radius 2 is 1.93 bits per heavy atom. The maximum atomic E-state index is 14.5. The van der Waals surface area contributed by atoms with Gasteiger partial charge in [-0.1, -0.05) is 16.7 Å². The van der Waals surface area contributed by atoms with E-state index in [9.17, 15) is 13.6 Å². The lowest BCUT2D eigenvalue weighted by molar-refractivity contribution is -0.107. The lowest BCUT2D eigenvalue weighted by Crippen LogP contribution is -2.45. The molecule has 0 radical (unpaired) electrons. The standard InChI is InChI=1S/C20H14F2N5O/c1-12-10-25-20-18(28)19(24-11-14-4-2-13(9-23)3-5-14)26-27(12,20)17-7-6-15(21)8-16(17)22/h2-8,10H,11H2,1H3,(H,24,26)/q+1. The molecule has 28 heavy (non-hydrogen) atoms. The van der Waals surface area contributed by atoms with E-state index in [1.807, 2.05) is 6.07 Å². The SMILES string of the molecule is CC1=CN=C2C(=O)C(NCc3ccc(C#N)cc3)=N[N+]12c1ccc(F)cc1F. The van der Waals surface area contributed by atoms with Crippen LogP contribution in [-0.4, -0.2) is 17.5 Å². The Balaban J connectivity index is 1.68. The van der Waals surface area contributed by atoms with Crippen molar-refractivity contribution < 1.29 is 13.6 Å². The van der Waals surface area contributed by atoms with E-state index in [1.54, 1.807) is 31.2 Å². The van der Waals surface area contributed by atoms with Crippen LogP contribution in [0.1, 0.15) is 18.1 Å². The molecule has 0 amide bonds. The van der Waals surface area contributed by atoms with Gasteiger partial charge in [0.05, 0.1) is 17.8 Å². The van der Waals surface area contributed by atoms with Gasteiger partial charge in [0, 0.05) is 25.6 Å². The number of rotatable bonds is 3. The highest BCUT2D eigenvalue weighted by molar-refractivity contribution is 6.69. The van der Waals surface area contributed by atoms with E-state index in [4.69, 9.17) is 5.26 Å². The molecule has 2 heterocycles. The number of hydrogen-bond donors (Lipinski definition) is 1. The summed E-state index contributed by atoms with van der Waals surface area (Å²) in [6, 6.07) is 12.1. The van der Waals surface area contributed by atoms with E-state index >= 15 is 0 Å². The third-order valence-electron chi connectivity index (χ3n) is 4.66. The van der Waals surface area contributed by atoms with E-state index in [0.717, 1.165) is 17.7 Å². The minimum absolute atomic E-state index is 0.0231. The summed E-state index contributed by atoms with van der Waals surface area (Å²) >= 11 is 0. The van der Waals surface area contributed by atoms with Crippen LogP contribution in [0.4, 0.5) is 14.5 Å². The molecule has 0 spiro atoms. The number of hydrogen-bond acceptors (Lipinski definition) is 5. The molecule has 0 saturated heterocycles. The number of nitriles is 1. The third-order valence-corrected chi connectivity index (χ3v) is 4.66. The van der Waals surface area contributed by atoms with E-state index in [0.29, 0.717) is 11.3 Å². The van der Waals surface area contributed by atoms with Crippen LogP contribution in [0.25, 0.3) is 0 Å². The highest BCUT2D eigenvalue weighted by atomic mass is 19.1. The zero-order valence-electron chi connectivity index (χ0n) is 14.8. The van der Waals surface area contributed by atoms with Crippen LogP contribution in [0.15, 0.2) is 64.5 Å². The molecular weight excluding hydrogens is 364 g/mol. The van der Waals surface area contributed by atoms with Gasteiger partial charge in [0.2, 0.25) is 11.5 Å². The van der Waals surface area contributed by atoms with Crippen molar-refractivity contribution in [2.75, 3.05) is 0 Å². The lowest BCUT2D eigenvalue weighted by Gasteiger charge is -2.23.